The van der Waals surface area contributed by atoms with Crippen LogP contribution in [0.15, 0.2) is 34.9 Å². The van der Waals surface area contributed by atoms with Crippen molar-refractivity contribution in [2.24, 2.45) is 11.3 Å². The van der Waals surface area contributed by atoms with Crippen molar-refractivity contribution in [3.05, 3.63) is 62.3 Å². The molecule has 3 fully saturated rings. The Morgan fingerprint density at radius 1 is 0.940 bits per heavy atom. The Labute approximate surface area is 313 Å². The van der Waals surface area contributed by atoms with Crippen molar-refractivity contribution in [3.8, 4) is 0 Å². The average molecular weight is 771 g/mol. The number of pyridine rings is 1. The van der Waals surface area contributed by atoms with E-state index in [-0.39, 0.29) is 29.0 Å². The molecule has 2 aromatic rings. The van der Waals surface area contributed by atoms with E-state index >= 15 is 0 Å². The summed E-state index contributed by atoms with van der Waals surface area (Å²) in [4.78, 5) is 40.9. The molecule has 3 aliphatic heterocycles. The van der Waals surface area contributed by atoms with Gasteiger partial charge in [0.15, 0.2) is 0 Å². The molecular formula is C40H57BrClN5O3. The Kier molecular flexibility index (Phi) is 11.0. The van der Waals surface area contributed by atoms with Crippen LogP contribution in [0.25, 0.3) is 0 Å². The number of carbonyl (C=O) groups is 2. The van der Waals surface area contributed by atoms with Crippen molar-refractivity contribution in [3.63, 3.8) is 0 Å². The van der Waals surface area contributed by atoms with E-state index in [0.717, 1.165) is 86.4 Å². The first kappa shape index (κ1) is 37.6. The molecular weight excluding hydrogens is 714 g/mol. The largest absolute Gasteiger partial charge is 0.444 e. The molecule has 0 radical (unpaired) electrons. The van der Waals surface area contributed by atoms with Crippen LogP contribution in [-0.4, -0.2) is 100 Å². The van der Waals surface area contributed by atoms with Gasteiger partial charge in [-0.2, -0.15) is 0 Å². The van der Waals surface area contributed by atoms with E-state index in [1.807, 2.05) is 33.0 Å². The number of piperazine rings is 1. The number of rotatable bonds is 4. The molecule has 2 atom stereocenters. The number of aromatic nitrogens is 1. The van der Waals surface area contributed by atoms with Gasteiger partial charge in [0, 0.05) is 80.0 Å². The number of hydrogen-bond acceptors (Lipinski definition) is 6. The van der Waals surface area contributed by atoms with Crippen LogP contribution in [0.4, 0.5) is 4.79 Å². The highest BCUT2D eigenvalue weighted by molar-refractivity contribution is 9.10. The number of ether oxygens (including phenoxy) is 1. The number of nitrogens with zero attached hydrogens (tertiary/aromatic N) is 5. The smallest absolute Gasteiger partial charge is 0.410 e. The standard InChI is InChI=1S/C40H57BrClN5O3/c1-38(2,3)34-26-45(20-21-47(34)35(48)22-27-12-16-44(17-13-27)37(49)50-39(4,5)6)32-14-18-46(19-15-32)40(7)33-11-10-31(42)24-28(33)8-9-29-23-30(41)25-43-36(29)40/h10-11,23-25,27,32,34H,8-9,12-22,26H2,1-7H3/t34-,40?/m1/s1. The van der Waals surface area contributed by atoms with Crippen molar-refractivity contribution >= 4 is 39.5 Å². The second kappa shape index (κ2) is 14.7. The molecule has 274 valence electrons. The third-order valence-electron chi connectivity index (χ3n) is 11.7. The van der Waals surface area contributed by atoms with Gasteiger partial charge in [-0.15, -0.1) is 0 Å². The van der Waals surface area contributed by atoms with Crippen LogP contribution >= 0.6 is 27.5 Å². The third kappa shape index (κ3) is 8.06. The number of amides is 2. The van der Waals surface area contributed by atoms with Gasteiger partial charge in [0.05, 0.1) is 11.2 Å². The highest BCUT2D eigenvalue weighted by Crippen LogP contribution is 2.44. The molecule has 1 aliphatic carbocycles. The molecule has 6 rings (SSSR count). The number of hydrogen-bond donors (Lipinski definition) is 0. The summed E-state index contributed by atoms with van der Waals surface area (Å²) in [6.45, 7) is 20.8. The van der Waals surface area contributed by atoms with Gasteiger partial charge in [-0.3, -0.25) is 19.6 Å². The van der Waals surface area contributed by atoms with Gasteiger partial charge < -0.3 is 14.5 Å². The van der Waals surface area contributed by atoms with E-state index in [2.05, 4.69) is 76.5 Å². The third-order valence-corrected chi connectivity index (χ3v) is 12.4. The van der Waals surface area contributed by atoms with Crippen molar-refractivity contribution < 1.29 is 14.3 Å². The Hall–Kier alpha value is -2.20. The first-order valence-electron chi connectivity index (χ1n) is 18.7. The van der Waals surface area contributed by atoms with Gasteiger partial charge in [0.1, 0.15) is 5.60 Å². The minimum Gasteiger partial charge on any atom is -0.444 e. The summed E-state index contributed by atoms with van der Waals surface area (Å²) in [5.41, 5.74) is 4.25. The Bertz CT molecular complexity index is 1500. The van der Waals surface area contributed by atoms with Gasteiger partial charge in [-0.25, -0.2) is 4.79 Å². The average Bonchev–Trinajstić information content (AvgIpc) is 3.17. The minimum absolute atomic E-state index is 0.0302. The Morgan fingerprint density at radius 3 is 2.28 bits per heavy atom. The van der Waals surface area contributed by atoms with Crippen LogP contribution in [0.1, 0.15) is 103 Å². The van der Waals surface area contributed by atoms with E-state index in [1.165, 1.54) is 16.7 Å². The number of likely N-dealkylation sites (tertiary alicyclic amines) is 2. The minimum atomic E-state index is -0.499. The van der Waals surface area contributed by atoms with Gasteiger partial charge in [0.25, 0.3) is 0 Å². The molecule has 0 saturated carbocycles. The van der Waals surface area contributed by atoms with Crippen LogP contribution in [-0.2, 0) is 27.9 Å². The molecule has 1 unspecified atom stereocenters. The topological polar surface area (TPSA) is 69.2 Å². The van der Waals surface area contributed by atoms with E-state index in [0.29, 0.717) is 31.5 Å². The molecule has 0 bridgehead atoms. The Balaban J connectivity index is 1.10. The molecule has 3 saturated heterocycles. The fourth-order valence-corrected chi connectivity index (χ4v) is 9.51. The lowest BCUT2D eigenvalue weighted by Gasteiger charge is -2.52. The van der Waals surface area contributed by atoms with E-state index in [4.69, 9.17) is 21.3 Å². The lowest BCUT2D eigenvalue weighted by molar-refractivity contribution is -0.142. The van der Waals surface area contributed by atoms with E-state index in [9.17, 15) is 9.59 Å². The molecule has 10 heteroatoms. The van der Waals surface area contributed by atoms with Crippen LogP contribution in [0, 0.1) is 11.3 Å². The quantitative estimate of drug-likeness (QED) is 0.315. The predicted octanol–water partition coefficient (Wildman–Crippen LogP) is 7.92. The maximum Gasteiger partial charge on any atom is 0.410 e. The Morgan fingerprint density at radius 2 is 1.62 bits per heavy atom. The molecule has 2 amide bonds. The molecule has 0 N–H and O–H groups in total. The first-order chi connectivity index (χ1) is 23.5. The zero-order valence-electron chi connectivity index (χ0n) is 31.2. The van der Waals surface area contributed by atoms with E-state index < -0.39 is 5.60 Å². The lowest BCUT2D eigenvalue weighted by Crippen LogP contribution is -2.63. The highest BCUT2D eigenvalue weighted by Gasteiger charge is 2.45. The molecule has 4 heterocycles. The van der Waals surface area contributed by atoms with Crippen molar-refractivity contribution in [2.75, 3.05) is 45.8 Å². The second-order valence-electron chi connectivity index (χ2n) is 17.3. The number of aryl methyl sites for hydroxylation is 2. The monoisotopic (exact) mass is 769 g/mol. The first-order valence-corrected chi connectivity index (χ1v) is 19.9. The summed E-state index contributed by atoms with van der Waals surface area (Å²) in [7, 11) is 0. The normalized spacial score (nSPS) is 24.8. The van der Waals surface area contributed by atoms with E-state index in [1.54, 1.807) is 4.90 Å². The highest BCUT2D eigenvalue weighted by atomic mass is 79.9. The number of fused-ring (bicyclic) bond motifs is 2. The van der Waals surface area contributed by atoms with Gasteiger partial charge in [0.2, 0.25) is 5.91 Å². The summed E-state index contributed by atoms with van der Waals surface area (Å²) in [6.07, 6.45) is 8.03. The fourth-order valence-electron chi connectivity index (χ4n) is 8.94. The summed E-state index contributed by atoms with van der Waals surface area (Å²) in [5, 5.41) is 0.791. The number of benzene rings is 1. The zero-order valence-corrected chi connectivity index (χ0v) is 33.6. The van der Waals surface area contributed by atoms with Gasteiger partial charge >= 0.3 is 6.09 Å². The van der Waals surface area contributed by atoms with Crippen LogP contribution in [0.5, 0.6) is 0 Å². The van der Waals surface area contributed by atoms with Crippen molar-refractivity contribution in [1.29, 1.82) is 0 Å². The SMILES string of the molecule is CC(C)(C)OC(=O)N1CCC(CC(=O)N2CCN(C3CCN(C4(C)c5ccc(Cl)cc5CCc5cc(Br)cnc54)CC3)C[C@@H]2C(C)(C)C)CC1. The number of carbonyl (C=O) groups excluding carboxylic acids is 2. The number of halogens is 2. The summed E-state index contributed by atoms with van der Waals surface area (Å²) in [6, 6.07) is 9.33. The molecule has 0 spiro atoms. The fraction of sp³-hybridized carbons (Fsp3) is 0.675. The van der Waals surface area contributed by atoms with Crippen LogP contribution in [0.2, 0.25) is 5.02 Å². The van der Waals surface area contributed by atoms with Gasteiger partial charge in [-0.1, -0.05) is 38.4 Å². The van der Waals surface area contributed by atoms with Crippen molar-refractivity contribution in [1.82, 2.24) is 24.6 Å². The maximum atomic E-state index is 13.9. The molecule has 8 nitrogen and oxygen atoms in total. The summed E-state index contributed by atoms with van der Waals surface area (Å²) < 4.78 is 6.60. The van der Waals surface area contributed by atoms with Crippen LogP contribution < -0.4 is 0 Å². The lowest BCUT2D eigenvalue weighted by atomic mass is 9.81. The zero-order chi connectivity index (χ0) is 36.0. The van der Waals surface area contributed by atoms with Gasteiger partial charge in [-0.05, 0) is 128 Å². The predicted molar refractivity (Wildman–Crippen MR) is 204 cm³/mol. The second-order valence-corrected chi connectivity index (χ2v) is 18.7. The molecule has 1 aromatic heterocycles. The summed E-state index contributed by atoms with van der Waals surface area (Å²) >= 11 is 10.2. The molecule has 1 aromatic carbocycles. The summed E-state index contributed by atoms with van der Waals surface area (Å²) in [5.74, 6) is 0.573. The molecule has 4 aliphatic rings. The maximum absolute atomic E-state index is 13.9. The van der Waals surface area contributed by atoms with Crippen molar-refractivity contribution in [2.45, 2.75) is 117 Å². The van der Waals surface area contributed by atoms with Crippen LogP contribution in [0.3, 0.4) is 0 Å². The molecule has 50 heavy (non-hydrogen) atoms. The number of piperidine rings is 2.